The summed E-state index contributed by atoms with van der Waals surface area (Å²) >= 11 is 5.33. The molecule has 80 valence electrons. The fraction of sp³-hybridized carbons (Fsp3) is 0.222. The van der Waals surface area contributed by atoms with Gasteiger partial charge in [-0.1, -0.05) is 11.6 Å². The molecule has 0 amide bonds. The van der Waals surface area contributed by atoms with Crippen molar-refractivity contribution in [3.63, 3.8) is 0 Å². The molecule has 0 aliphatic heterocycles. The van der Waals surface area contributed by atoms with Gasteiger partial charge in [0.2, 0.25) is 0 Å². The summed E-state index contributed by atoms with van der Waals surface area (Å²) in [6.45, 7) is 0. The van der Waals surface area contributed by atoms with Crippen LogP contribution in [0.5, 0.6) is 0 Å². The van der Waals surface area contributed by atoms with Crippen LogP contribution >= 0.6 is 11.6 Å². The van der Waals surface area contributed by atoms with Crippen LogP contribution in [-0.4, -0.2) is 0 Å². The first kappa shape index (κ1) is 11.8. The highest BCUT2D eigenvalue weighted by Gasteiger charge is 2.34. The zero-order valence-corrected chi connectivity index (χ0v) is 7.95. The monoisotopic (exact) mass is 237 g/mol. The molecule has 0 aliphatic rings. The van der Waals surface area contributed by atoms with Gasteiger partial charge in [-0.2, -0.15) is 18.4 Å². The average Bonchev–Trinajstić information content (AvgIpc) is 2.09. The zero-order chi connectivity index (χ0) is 11.6. The van der Waals surface area contributed by atoms with Crippen molar-refractivity contribution in [2.45, 2.75) is 12.6 Å². The van der Waals surface area contributed by atoms with E-state index in [1.165, 1.54) is 0 Å². The number of rotatable bonds is 1. The molecule has 0 saturated carbocycles. The van der Waals surface area contributed by atoms with E-state index in [9.17, 15) is 17.6 Å². The number of halogens is 5. The minimum atomic E-state index is -4.69. The summed E-state index contributed by atoms with van der Waals surface area (Å²) in [5.74, 6) is -1.08. The third-order valence-electron chi connectivity index (χ3n) is 1.71. The first-order valence-electron chi connectivity index (χ1n) is 3.78. The number of nitrogens with zero attached hydrogens (tertiary/aromatic N) is 1. The van der Waals surface area contributed by atoms with Crippen molar-refractivity contribution in [1.82, 2.24) is 0 Å². The molecule has 0 aliphatic carbocycles. The van der Waals surface area contributed by atoms with Crippen molar-refractivity contribution in [3.05, 3.63) is 34.1 Å². The Bertz CT molecular complexity index is 419. The van der Waals surface area contributed by atoms with Crippen LogP contribution in [0.2, 0.25) is 5.02 Å². The molecule has 0 saturated heterocycles. The standard InChI is InChI=1S/C9H4ClF4N/c10-7-3-5(1-2-15)8(11)4-6(7)9(12,13)14/h3-4H,1H2. The maximum atomic E-state index is 13.0. The van der Waals surface area contributed by atoms with E-state index in [0.717, 1.165) is 6.07 Å². The highest BCUT2D eigenvalue weighted by atomic mass is 35.5. The molecule has 1 nitrogen and oxygen atoms in total. The van der Waals surface area contributed by atoms with Crippen LogP contribution < -0.4 is 0 Å². The van der Waals surface area contributed by atoms with Gasteiger partial charge in [0.15, 0.2) is 0 Å². The molecule has 1 rings (SSSR count). The molecule has 0 fully saturated rings. The number of hydrogen-bond acceptors (Lipinski definition) is 1. The highest BCUT2D eigenvalue weighted by molar-refractivity contribution is 6.31. The molecule has 0 unspecified atom stereocenters. The number of hydrogen-bond donors (Lipinski definition) is 0. The van der Waals surface area contributed by atoms with Crippen LogP contribution in [0, 0.1) is 17.1 Å². The van der Waals surface area contributed by atoms with E-state index in [2.05, 4.69) is 0 Å². The highest BCUT2D eigenvalue weighted by Crippen LogP contribution is 2.35. The van der Waals surface area contributed by atoms with Gasteiger partial charge in [0, 0.05) is 5.56 Å². The molecule has 0 N–H and O–H groups in total. The second kappa shape index (κ2) is 4.07. The Labute approximate surface area is 87.9 Å². The normalized spacial score (nSPS) is 11.2. The lowest BCUT2D eigenvalue weighted by molar-refractivity contribution is -0.137. The fourth-order valence-corrected chi connectivity index (χ4v) is 1.32. The van der Waals surface area contributed by atoms with E-state index in [0.29, 0.717) is 6.07 Å². The van der Waals surface area contributed by atoms with Gasteiger partial charge in [0.05, 0.1) is 23.1 Å². The lowest BCUT2D eigenvalue weighted by atomic mass is 10.1. The largest absolute Gasteiger partial charge is 0.417 e. The third-order valence-corrected chi connectivity index (χ3v) is 2.02. The average molecular weight is 238 g/mol. The van der Waals surface area contributed by atoms with E-state index < -0.39 is 22.6 Å². The van der Waals surface area contributed by atoms with E-state index in [1.54, 1.807) is 6.07 Å². The first-order chi connectivity index (χ1) is 6.86. The van der Waals surface area contributed by atoms with E-state index >= 15 is 0 Å². The van der Waals surface area contributed by atoms with Gasteiger partial charge in [-0.15, -0.1) is 0 Å². The summed E-state index contributed by atoms with van der Waals surface area (Å²) in [5, 5.41) is 7.68. The molecule has 0 aromatic heterocycles. The predicted octanol–water partition coefficient (Wildman–Crippen LogP) is 3.56. The second-order valence-corrected chi connectivity index (χ2v) is 3.16. The van der Waals surface area contributed by atoms with E-state index in [-0.39, 0.29) is 12.0 Å². The SMILES string of the molecule is N#CCc1cc(Cl)c(C(F)(F)F)cc1F. The van der Waals surface area contributed by atoms with Crippen molar-refractivity contribution in [3.8, 4) is 6.07 Å². The van der Waals surface area contributed by atoms with Gasteiger partial charge >= 0.3 is 6.18 Å². The first-order valence-corrected chi connectivity index (χ1v) is 4.16. The van der Waals surface area contributed by atoms with Gasteiger partial charge in [-0.25, -0.2) is 4.39 Å². The Morgan fingerprint density at radius 3 is 2.40 bits per heavy atom. The van der Waals surface area contributed by atoms with E-state index in [4.69, 9.17) is 16.9 Å². The minimum absolute atomic E-state index is 0.143. The van der Waals surface area contributed by atoms with Gasteiger partial charge < -0.3 is 0 Å². The van der Waals surface area contributed by atoms with Gasteiger partial charge in [-0.05, 0) is 12.1 Å². The zero-order valence-electron chi connectivity index (χ0n) is 7.20. The summed E-state index contributed by atoms with van der Waals surface area (Å²) in [6, 6.07) is 2.75. The Balaban J connectivity index is 3.27. The number of nitriles is 1. The van der Waals surface area contributed by atoms with Crippen molar-refractivity contribution < 1.29 is 17.6 Å². The molecule has 6 heteroatoms. The summed E-state index contributed by atoms with van der Waals surface area (Å²) < 4.78 is 49.7. The van der Waals surface area contributed by atoms with Crippen molar-refractivity contribution in [1.29, 1.82) is 5.26 Å². The fourth-order valence-electron chi connectivity index (χ4n) is 1.03. The molecule has 1 aromatic carbocycles. The maximum absolute atomic E-state index is 13.0. The molecular weight excluding hydrogens is 234 g/mol. The Kier molecular flexibility index (Phi) is 3.20. The lowest BCUT2D eigenvalue weighted by Gasteiger charge is -2.10. The molecule has 0 heterocycles. The maximum Gasteiger partial charge on any atom is 0.417 e. The molecule has 0 spiro atoms. The van der Waals surface area contributed by atoms with Crippen LogP contribution in [0.1, 0.15) is 11.1 Å². The molecule has 15 heavy (non-hydrogen) atoms. The van der Waals surface area contributed by atoms with Crippen molar-refractivity contribution in [2.75, 3.05) is 0 Å². The summed E-state index contributed by atoms with van der Waals surface area (Å²) in [4.78, 5) is 0. The smallest absolute Gasteiger partial charge is 0.207 e. The van der Waals surface area contributed by atoms with Gasteiger partial charge in [0.25, 0.3) is 0 Å². The molecule has 1 aromatic rings. The topological polar surface area (TPSA) is 23.8 Å². The predicted molar refractivity (Wildman–Crippen MR) is 45.7 cm³/mol. The Hall–Kier alpha value is -1.28. The lowest BCUT2D eigenvalue weighted by Crippen LogP contribution is -2.07. The van der Waals surface area contributed by atoms with Gasteiger partial charge in [0.1, 0.15) is 5.82 Å². The second-order valence-electron chi connectivity index (χ2n) is 2.76. The van der Waals surface area contributed by atoms with E-state index in [1.807, 2.05) is 0 Å². The van der Waals surface area contributed by atoms with Gasteiger partial charge in [-0.3, -0.25) is 0 Å². The van der Waals surface area contributed by atoms with Crippen LogP contribution in [0.4, 0.5) is 17.6 Å². The molecular formula is C9H4ClF4N. The van der Waals surface area contributed by atoms with Crippen LogP contribution in [-0.2, 0) is 12.6 Å². The summed E-state index contributed by atoms with van der Waals surface area (Å²) in [6.07, 6.45) is -5.01. The van der Waals surface area contributed by atoms with Crippen molar-refractivity contribution >= 4 is 11.6 Å². The molecule has 0 atom stereocenters. The number of benzene rings is 1. The van der Waals surface area contributed by atoms with Crippen molar-refractivity contribution in [2.24, 2.45) is 0 Å². The third kappa shape index (κ3) is 2.60. The van der Waals surface area contributed by atoms with Crippen LogP contribution in [0.25, 0.3) is 0 Å². The number of alkyl halides is 3. The summed E-state index contributed by atoms with van der Waals surface area (Å²) in [7, 11) is 0. The molecule has 0 bridgehead atoms. The quantitative estimate of drug-likeness (QED) is 0.685. The van der Waals surface area contributed by atoms with Crippen LogP contribution in [0.15, 0.2) is 12.1 Å². The molecule has 0 radical (unpaired) electrons. The summed E-state index contributed by atoms with van der Waals surface area (Å²) in [5.41, 5.74) is -1.38. The minimum Gasteiger partial charge on any atom is -0.207 e. The Morgan fingerprint density at radius 2 is 1.93 bits per heavy atom. The Morgan fingerprint density at radius 1 is 1.33 bits per heavy atom. The van der Waals surface area contributed by atoms with Crippen LogP contribution in [0.3, 0.4) is 0 Å².